The lowest BCUT2D eigenvalue weighted by Crippen LogP contribution is -2.55. The third kappa shape index (κ3) is 10.6. The number of fused-ring (bicyclic) bond motifs is 1. The van der Waals surface area contributed by atoms with E-state index in [0.29, 0.717) is 68.6 Å². The van der Waals surface area contributed by atoms with Crippen LogP contribution in [0.25, 0.3) is 11.1 Å². The van der Waals surface area contributed by atoms with Crippen molar-refractivity contribution >= 4 is 64.2 Å². The first-order chi connectivity index (χ1) is 33.8. The molecule has 0 bridgehead atoms. The number of hydrogen-bond donors (Lipinski definition) is 5. The first-order valence-electron chi connectivity index (χ1n) is 23.0. The lowest BCUT2D eigenvalue weighted by molar-refractivity contribution is -0.138. The van der Waals surface area contributed by atoms with Crippen LogP contribution in [-0.4, -0.2) is 144 Å². The highest BCUT2D eigenvalue weighted by atomic mass is 19.4. The van der Waals surface area contributed by atoms with Crippen LogP contribution in [0.2, 0.25) is 0 Å². The maximum absolute atomic E-state index is 16.2. The highest BCUT2D eigenvalue weighted by molar-refractivity contribution is 6.25. The van der Waals surface area contributed by atoms with Crippen LogP contribution < -0.4 is 36.6 Å². The summed E-state index contributed by atoms with van der Waals surface area (Å²) in [4.78, 5) is 117. The largest absolute Gasteiger partial charge is 0.417 e. The highest BCUT2D eigenvalue weighted by Gasteiger charge is 2.46. The molecule has 23 heteroatoms. The number of H-pyrrole nitrogens is 1. The molecule has 6 heterocycles. The monoisotopic (exact) mass is 985 g/mol. The number of piperidine rings is 1. The molecular weight excluding hydrogens is 935 g/mol. The fourth-order valence-corrected chi connectivity index (χ4v) is 9.28. The molecule has 3 saturated heterocycles. The summed E-state index contributed by atoms with van der Waals surface area (Å²) in [5.41, 5.74) is -2.04. The van der Waals surface area contributed by atoms with E-state index in [2.05, 4.69) is 36.1 Å². The van der Waals surface area contributed by atoms with Gasteiger partial charge in [-0.05, 0) is 63.7 Å². The zero-order chi connectivity index (χ0) is 50.9. The second-order valence-electron chi connectivity index (χ2n) is 17.9. The molecule has 2 aromatic heterocycles. The fourth-order valence-electron chi connectivity index (χ4n) is 9.28. The van der Waals surface area contributed by atoms with E-state index in [-0.39, 0.29) is 90.7 Å². The second-order valence-corrected chi connectivity index (χ2v) is 17.9. The van der Waals surface area contributed by atoms with Crippen molar-refractivity contribution in [2.24, 2.45) is 0 Å². The quantitative estimate of drug-likeness (QED) is 0.0736. The first-order valence-corrected chi connectivity index (χ1v) is 23.0. The Kier molecular flexibility index (Phi) is 14.2. The number of rotatable bonds is 13. The molecule has 2 aromatic carbocycles. The SMILES string of the molecule is C[C@@H]1CN(c2cc(F)c(-c3ccc(N4CCN(C(=O)CCC(=O)NCCNc5cccc6c5C(=O)N(C5CCC(=O)NC5=O)C6=O)CC4)nc3)cc2NC(=O)c2c[nH]c(=O)cc2C(F)(F)F)C[C@H](C)N1C. The Bertz CT molecular complexity index is 2840. The van der Waals surface area contributed by atoms with Gasteiger partial charge < -0.3 is 35.6 Å². The Hall–Kier alpha value is -7.69. The summed E-state index contributed by atoms with van der Waals surface area (Å²) in [7, 11) is 1.96. The first kappa shape index (κ1) is 49.7. The van der Waals surface area contributed by atoms with E-state index >= 15 is 4.39 Å². The van der Waals surface area contributed by atoms with Crippen molar-refractivity contribution in [3.8, 4) is 11.1 Å². The number of piperazine rings is 2. The van der Waals surface area contributed by atoms with Gasteiger partial charge in [-0.2, -0.15) is 13.2 Å². The number of likely N-dealkylation sites (N-methyl/N-ethyl adjacent to an activating group) is 1. The van der Waals surface area contributed by atoms with Gasteiger partial charge >= 0.3 is 6.18 Å². The van der Waals surface area contributed by atoms with Gasteiger partial charge in [-0.25, -0.2) is 9.37 Å². The van der Waals surface area contributed by atoms with Gasteiger partial charge in [0.1, 0.15) is 17.7 Å². The van der Waals surface area contributed by atoms with E-state index in [1.165, 1.54) is 24.4 Å². The van der Waals surface area contributed by atoms with Crippen LogP contribution in [-0.2, 0) is 25.4 Å². The van der Waals surface area contributed by atoms with E-state index in [1.807, 2.05) is 30.7 Å². The average molecular weight is 986 g/mol. The molecule has 4 aromatic rings. The molecule has 7 amide bonds. The van der Waals surface area contributed by atoms with E-state index < -0.39 is 64.3 Å². The lowest BCUT2D eigenvalue weighted by Gasteiger charge is -2.44. The molecule has 5 N–H and O–H groups in total. The Labute approximate surface area is 403 Å². The maximum atomic E-state index is 16.2. The number of nitrogens with zero attached hydrogens (tertiary/aromatic N) is 6. The molecule has 71 heavy (non-hydrogen) atoms. The Balaban J connectivity index is 0.842. The Morgan fingerprint density at radius 2 is 1.58 bits per heavy atom. The molecule has 4 aliphatic rings. The number of amides is 7. The normalized spacial score (nSPS) is 19.7. The number of alkyl halides is 3. The topological polar surface area (TPSA) is 230 Å². The molecule has 19 nitrogen and oxygen atoms in total. The number of nitrogens with one attached hydrogen (secondary N) is 5. The number of aromatic nitrogens is 2. The number of halogens is 4. The number of carbonyl (C=O) groups excluding carboxylic acids is 7. The molecule has 0 aliphatic carbocycles. The number of anilines is 4. The Morgan fingerprint density at radius 1 is 0.845 bits per heavy atom. The minimum Gasteiger partial charge on any atom is -0.383 e. The van der Waals surface area contributed by atoms with E-state index in [0.717, 1.165) is 4.90 Å². The van der Waals surface area contributed by atoms with Crippen LogP contribution in [0.4, 0.5) is 40.4 Å². The number of carbonyl (C=O) groups is 7. The predicted octanol–water partition coefficient (Wildman–Crippen LogP) is 3.43. The third-order valence-electron chi connectivity index (χ3n) is 13.3. The molecule has 0 radical (unpaired) electrons. The van der Waals surface area contributed by atoms with Crippen molar-refractivity contribution < 1.29 is 51.1 Å². The van der Waals surface area contributed by atoms with Crippen molar-refractivity contribution in [3.63, 3.8) is 0 Å². The minimum absolute atomic E-state index is 0.00403. The molecule has 1 unspecified atom stereocenters. The summed E-state index contributed by atoms with van der Waals surface area (Å²) in [6.07, 6.45) is -2.96. The van der Waals surface area contributed by atoms with Crippen LogP contribution in [0.5, 0.6) is 0 Å². The molecular formula is C48H51F4N11O8. The molecule has 374 valence electrons. The van der Waals surface area contributed by atoms with Crippen molar-refractivity contribution in [1.29, 1.82) is 0 Å². The van der Waals surface area contributed by atoms with Gasteiger partial charge in [-0.15, -0.1) is 0 Å². The standard InChI is InChI=1S/C48H51F4N11O8/c1-26-24-62(25-27(2)59(26)3)37-21-33(49)30(19-35(37)57-44(68)31-23-56-41(66)20-32(31)48(50,51)52)28-7-9-38(55-22-28)60-15-17-61(18-16-60)42(67)12-11-39(64)54-14-13-53-34-6-4-5-29-43(34)47(71)63(46(29)70)36-8-10-40(65)58-45(36)69/h4-7,9,19-23,26-27,36,53H,8,10-18,24-25H2,1-3H3,(H,54,64)(H,56,66)(H,57,68)(H,58,65,69)/t26-,27+,36?. The number of aromatic amines is 1. The van der Waals surface area contributed by atoms with Gasteiger partial charge in [0, 0.05) is 119 Å². The van der Waals surface area contributed by atoms with Crippen LogP contribution >= 0.6 is 0 Å². The summed E-state index contributed by atoms with van der Waals surface area (Å²) in [5.74, 6) is -4.34. The van der Waals surface area contributed by atoms with Crippen molar-refractivity contribution in [1.82, 2.24) is 35.3 Å². The molecule has 3 atom stereocenters. The fraction of sp³-hybridized carbons (Fsp3) is 0.396. The van der Waals surface area contributed by atoms with E-state index in [9.17, 15) is 51.5 Å². The molecule has 3 fully saturated rings. The summed E-state index contributed by atoms with van der Waals surface area (Å²) in [6, 6.07) is 9.82. The van der Waals surface area contributed by atoms with Crippen LogP contribution in [0.3, 0.4) is 0 Å². The van der Waals surface area contributed by atoms with E-state index in [1.54, 1.807) is 29.2 Å². The van der Waals surface area contributed by atoms with Crippen molar-refractivity contribution in [2.45, 2.75) is 63.8 Å². The highest BCUT2D eigenvalue weighted by Crippen LogP contribution is 2.38. The minimum atomic E-state index is -5.01. The van der Waals surface area contributed by atoms with Crippen LogP contribution in [0.1, 0.15) is 76.2 Å². The average Bonchev–Trinajstić information content (AvgIpc) is 3.59. The van der Waals surface area contributed by atoms with Gasteiger partial charge in [0.25, 0.3) is 17.7 Å². The van der Waals surface area contributed by atoms with Gasteiger partial charge in [0.15, 0.2) is 0 Å². The smallest absolute Gasteiger partial charge is 0.383 e. The third-order valence-corrected chi connectivity index (χ3v) is 13.3. The molecule has 8 rings (SSSR count). The van der Waals surface area contributed by atoms with Gasteiger partial charge in [0.05, 0.1) is 33.6 Å². The van der Waals surface area contributed by atoms with Crippen molar-refractivity contribution in [2.75, 3.05) is 79.8 Å². The molecule has 0 spiro atoms. The maximum Gasteiger partial charge on any atom is 0.417 e. The number of hydrogen-bond acceptors (Lipinski definition) is 13. The summed E-state index contributed by atoms with van der Waals surface area (Å²) in [6.45, 7) is 6.64. The van der Waals surface area contributed by atoms with Gasteiger partial charge in [-0.1, -0.05) is 6.07 Å². The van der Waals surface area contributed by atoms with Crippen LogP contribution in [0, 0.1) is 5.82 Å². The van der Waals surface area contributed by atoms with Gasteiger partial charge in [-0.3, -0.25) is 53.5 Å². The predicted molar refractivity (Wildman–Crippen MR) is 251 cm³/mol. The molecule has 4 aliphatic heterocycles. The number of benzene rings is 2. The van der Waals surface area contributed by atoms with Crippen molar-refractivity contribution in [3.05, 3.63) is 99.3 Å². The van der Waals surface area contributed by atoms with Crippen LogP contribution in [0.15, 0.2) is 65.7 Å². The number of pyridine rings is 2. The van der Waals surface area contributed by atoms with E-state index in [4.69, 9.17) is 0 Å². The number of imide groups is 2. The second kappa shape index (κ2) is 20.3. The Morgan fingerprint density at radius 3 is 2.25 bits per heavy atom. The summed E-state index contributed by atoms with van der Waals surface area (Å²) >= 11 is 0. The molecule has 0 saturated carbocycles. The summed E-state index contributed by atoms with van der Waals surface area (Å²) in [5, 5.41) is 10.5. The zero-order valence-corrected chi connectivity index (χ0v) is 39.0. The van der Waals surface area contributed by atoms with Gasteiger partial charge in [0.2, 0.25) is 29.2 Å². The summed E-state index contributed by atoms with van der Waals surface area (Å²) < 4.78 is 58.0. The zero-order valence-electron chi connectivity index (χ0n) is 39.0. The lowest BCUT2D eigenvalue weighted by atomic mass is 10.0.